The molecule has 9 heteroatoms. The molecule has 150 valence electrons. The van der Waals surface area contributed by atoms with Gasteiger partial charge < -0.3 is 0 Å². The van der Waals surface area contributed by atoms with E-state index in [1.165, 1.54) is 21.2 Å². The van der Waals surface area contributed by atoms with Crippen molar-refractivity contribution in [3.05, 3.63) is 56.7 Å². The fraction of sp³-hybridized carbons (Fsp3) is 0.300. The van der Waals surface area contributed by atoms with E-state index in [0.29, 0.717) is 10.7 Å². The zero-order chi connectivity index (χ0) is 20.4. The molecule has 0 saturated heterocycles. The number of thioether (sulfide) groups is 1. The number of rotatable bonds is 4. The first-order chi connectivity index (χ1) is 14.0. The van der Waals surface area contributed by atoms with Crippen LogP contribution in [-0.2, 0) is 24.7 Å². The molecular weight excluding hydrogens is 408 g/mol. The van der Waals surface area contributed by atoms with Crippen molar-refractivity contribution in [3.63, 3.8) is 0 Å². The Hall–Kier alpha value is -2.65. The van der Waals surface area contributed by atoms with Crippen molar-refractivity contribution in [1.82, 2.24) is 20.4 Å². The van der Waals surface area contributed by atoms with Crippen molar-refractivity contribution in [2.45, 2.75) is 30.8 Å². The summed E-state index contributed by atoms with van der Waals surface area (Å²) < 4.78 is 1.50. The van der Waals surface area contributed by atoms with E-state index < -0.39 is 0 Å². The Balaban J connectivity index is 1.43. The van der Waals surface area contributed by atoms with Crippen molar-refractivity contribution >= 4 is 45.1 Å². The number of carbonyl (C=O) groups is 2. The van der Waals surface area contributed by atoms with Gasteiger partial charge in [0.1, 0.15) is 4.83 Å². The normalized spacial score (nSPS) is 13.1. The van der Waals surface area contributed by atoms with Crippen molar-refractivity contribution < 1.29 is 9.59 Å². The van der Waals surface area contributed by atoms with Crippen LogP contribution in [0.1, 0.15) is 33.6 Å². The quantitative estimate of drug-likeness (QED) is 0.378. The molecule has 29 heavy (non-hydrogen) atoms. The molecule has 0 spiro atoms. The summed E-state index contributed by atoms with van der Waals surface area (Å²) in [5.74, 6) is -0.731. The van der Waals surface area contributed by atoms with Crippen LogP contribution < -0.4 is 16.4 Å². The average molecular weight is 429 g/mol. The maximum Gasteiger partial charge on any atom is 0.269 e. The molecule has 7 nitrogen and oxygen atoms in total. The highest BCUT2D eigenvalue weighted by molar-refractivity contribution is 7.99. The van der Waals surface area contributed by atoms with Gasteiger partial charge in [-0.1, -0.05) is 30.0 Å². The number of thiophene rings is 1. The Labute approximate surface area is 175 Å². The third kappa shape index (κ3) is 4.06. The Bertz CT molecular complexity index is 1140. The highest BCUT2D eigenvalue weighted by atomic mass is 32.2. The minimum Gasteiger partial charge on any atom is -0.290 e. The van der Waals surface area contributed by atoms with Gasteiger partial charge in [0, 0.05) is 17.5 Å². The van der Waals surface area contributed by atoms with Crippen LogP contribution in [-0.4, -0.2) is 27.1 Å². The molecule has 0 unspecified atom stereocenters. The number of aromatic nitrogens is 2. The van der Waals surface area contributed by atoms with Gasteiger partial charge in [-0.25, -0.2) is 4.98 Å². The molecule has 0 atom stereocenters. The first-order valence-electron chi connectivity index (χ1n) is 9.33. The van der Waals surface area contributed by atoms with Crippen LogP contribution in [0.3, 0.4) is 0 Å². The summed E-state index contributed by atoms with van der Waals surface area (Å²) in [6.45, 7) is 0. The lowest BCUT2D eigenvalue weighted by molar-refractivity contribution is -0.119. The number of carbonyl (C=O) groups excluding carboxylic acids is 2. The van der Waals surface area contributed by atoms with Gasteiger partial charge in [-0.2, -0.15) is 0 Å². The highest BCUT2D eigenvalue weighted by Crippen LogP contribution is 2.34. The number of aryl methyl sites for hydroxylation is 2. The summed E-state index contributed by atoms with van der Waals surface area (Å²) in [6, 6.07) is 8.62. The Morgan fingerprint density at radius 3 is 2.72 bits per heavy atom. The van der Waals surface area contributed by atoms with E-state index in [1.54, 1.807) is 42.6 Å². The average Bonchev–Trinajstić information content (AvgIpc) is 3.12. The van der Waals surface area contributed by atoms with Crippen LogP contribution in [0.15, 0.2) is 40.3 Å². The minimum absolute atomic E-state index is 0.0337. The van der Waals surface area contributed by atoms with E-state index in [1.807, 2.05) is 6.07 Å². The molecule has 0 fully saturated rings. The lowest BCUT2D eigenvalue weighted by Gasteiger charge is -2.11. The molecule has 2 aromatic heterocycles. The fourth-order valence-corrected chi connectivity index (χ4v) is 5.43. The van der Waals surface area contributed by atoms with Gasteiger partial charge in [0.15, 0.2) is 5.16 Å². The second kappa shape index (κ2) is 8.38. The molecule has 4 rings (SSSR count). The van der Waals surface area contributed by atoms with Gasteiger partial charge in [0.25, 0.3) is 11.5 Å². The third-order valence-corrected chi connectivity index (χ3v) is 7.05. The third-order valence-electron chi connectivity index (χ3n) is 4.84. The highest BCUT2D eigenvalue weighted by Gasteiger charge is 2.21. The van der Waals surface area contributed by atoms with E-state index in [2.05, 4.69) is 15.8 Å². The van der Waals surface area contributed by atoms with Crippen LogP contribution in [0.2, 0.25) is 0 Å². The molecule has 2 heterocycles. The summed E-state index contributed by atoms with van der Waals surface area (Å²) >= 11 is 2.76. The largest absolute Gasteiger partial charge is 0.290 e. The van der Waals surface area contributed by atoms with Gasteiger partial charge in [-0.3, -0.25) is 29.8 Å². The van der Waals surface area contributed by atoms with E-state index >= 15 is 0 Å². The molecular formula is C20H20N4O3S2. The zero-order valence-corrected chi connectivity index (χ0v) is 17.5. The van der Waals surface area contributed by atoms with Crippen molar-refractivity contribution in [1.29, 1.82) is 0 Å². The van der Waals surface area contributed by atoms with Crippen LogP contribution >= 0.6 is 23.1 Å². The molecule has 1 aromatic carbocycles. The van der Waals surface area contributed by atoms with E-state index in [0.717, 1.165) is 41.5 Å². The van der Waals surface area contributed by atoms with Crippen LogP contribution in [0.25, 0.3) is 10.2 Å². The second-order valence-corrected chi connectivity index (χ2v) is 8.83. The summed E-state index contributed by atoms with van der Waals surface area (Å²) in [5.41, 5.74) is 6.32. The fourth-order valence-electron chi connectivity index (χ4n) is 3.35. The Morgan fingerprint density at radius 2 is 1.93 bits per heavy atom. The van der Waals surface area contributed by atoms with Crippen molar-refractivity contribution in [3.8, 4) is 0 Å². The predicted molar refractivity (Wildman–Crippen MR) is 114 cm³/mol. The number of amides is 2. The number of hydrogen-bond acceptors (Lipinski definition) is 6. The van der Waals surface area contributed by atoms with E-state index in [9.17, 15) is 14.4 Å². The first kappa shape index (κ1) is 19.7. The second-order valence-electron chi connectivity index (χ2n) is 6.81. The van der Waals surface area contributed by atoms with Gasteiger partial charge in [0.05, 0.1) is 11.1 Å². The van der Waals surface area contributed by atoms with Crippen LogP contribution in [0.4, 0.5) is 0 Å². The predicted octanol–water partition coefficient (Wildman–Crippen LogP) is 2.43. The van der Waals surface area contributed by atoms with Crippen LogP contribution in [0.5, 0.6) is 0 Å². The number of nitrogens with zero attached hydrogens (tertiary/aromatic N) is 2. The number of fused-ring (bicyclic) bond motifs is 3. The molecule has 0 bridgehead atoms. The lowest BCUT2D eigenvalue weighted by Crippen LogP contribution is -2.42. The number of hydrogen-bond donors (Lipinski definition) is 2. The minimum atomic E-state index is -0.389. The molecule has 0 aliphatic heterocycles. The molecule has 1 aliphatic rings. The summed E-state index contributed by atoms with van der Waals surface area (Å²) in [6.07, 6.45) is 4.19. The summed E-state index contributed by atoms with van der Waals surface area (Å²) in [4.78, 5) is 43.6. The van der Waals surface area contributed by atoms with Crippen molar-refractivity contribution in [2.24, 2.45) is 7.05 Å². The lowest BCUT2D eigenvalue weighted by atomic mass is 9.97. The first-order valence-corrected chi connectivity index (χ1v) is 11.1. The summed E-state index contributed by atoms with van der Waals surface area (Å²) in [5, 5.41) is 1.22. The Morgan fingerprint density at radius 1 is 1.17 bits per heavy atom. The monoisotopic (exact) mass is 428 g/mol. The molecule has 2 N–H and O–H groups in total. The topological polar surface area (TPSA) is 93.1 Å². The SMILES string of the molecule is Cn1c(SCC(=O)NNC(=O)c2ccccc2)nc2sc3c(c2c1=O)CCCC3. The smallest absolute Gasteiger partial charge is 0.269 e. The number of benzene rings is 1. The van der Waals surface area contributed by atoms with Crippen LogP contribution in [0, 0.1) is 0 Å². The zero-order valence-electron chi connectivity index (χ0n) is 15.9. The molecule has 0 saturated carbocycles. The maximum absolute atomic E-state index is 12.9. The standard InChI is InChI=1S/C20H20N4O3S2/c1-24-19(27)16-13-9-5-6-10-14(13)29-18(16)21-20(24)28-11-15(25)22-23-17(26)12-7-3-2-4-8-12/h2-4,7-8H,5-6,9-11H2,1H3,(H,22,25)(H,23,26). The van der Waals surface area contributed by atoms with Gasteiger partial charge in [-0.15, -0.1) is 11.3 Å². The van der Waals surface area contributed by atoms with Gasteiger partial charge in [-0.05, 0) is 43.4 Å². The summed E-state index contributed by atoms with van der Waals surface area (Å²) in [7, 11) is 1.68. The Kier molecular flexibility index (Phi) is 5.68. The van der Waals surface area contributed by atoms with Crippen molar-refractivity contribution in [2.75, 3.05) is 5.75 Å². The molecule has 2 amide bonds. The van der Waals surface area contributed by atoms with E-state index in [4.69, 9.17) is 0 Å². The molecule has 1 aliphatic carbocycles. The van der Waals surface area contributed by atoms with Gasteiger partial charge >= 0.3 is 0 Å². The molecule has 0 radical (unpaired) electrons. The molecule has 3 aromatic rings. The maximum atomic E-state index is 12.9. The number of nitrogens with one attached hydrogen (secondary N) is 2. The van der Waals surface area contributed by atoms with Gasteiger partial charge in [0.2, 0.25) is 5.91 Å². The number of hydrazine groups is 1. The van der Waals surface area contributed by atoms with E-state index in [-0.39, 0.29) is 23.1 Å².